The van der Waals surface area contributed by atoms with Crippen LogP contribution in [0.1, 0.15) is 29.0 Å². The Kier molecular flexibility index (Phi) is 4.69. The molecular formula is C15H19FN2S. The third-order valence-corrected chi connectivity index (χ3v) is 4.47. The van der Waals surface area contributed by atoms with Gasteiger partial charge in [-0.3, -0.25) is 4.90 Å². The summed E-state index contributed by atoms with van der Waals surface area (Å²) in [4.78, 5) is 3.52. The molecule has 1 atom stereocenters. The van der Waals surface area contributed by atoms with Crippen molar-refractivity contribution >= 4 is 11.3 Å². The van der Waals surface area contributed by atoms with E-state index < -0.39 is 0 Å². The number of thiophene rings is 1. The fourth-order valence-electron chi connectivity index (χ4n) is 2.09. The molecule has 102 valence electrons. The molecule has 0 fully saturated rings. The molecule has 1 heterocycles. The summed E-state index contributed by atoms with van der Waals surface area (Å²) >= 11 is 1.74. The van der Waals surface area contributed by atoms with Gasteiger partial charge in [0.1, 0.15) is 5.82 Å². The van der Waals surface area contributed by atoms with Crippen LogP contribution in [-0.4, -0.2) is 11.9 Å². The lowest BCUT2D eigenvalue weighted by molar-refractivity contribution is 0.255. The van der Waals surface area contributed by atoms with Gasteiger partial charge in [-0.1, -0.05) is 12.1 Å². The predicted molar refractivity (Wildman–Crippen MR) is 78.5 cm³/mol. The Morgan fingerprint density at radius 1 is 1.32 bits per heavy atom. The quantitative estimate of drug-likeness (QED) is 0.906. The Balaban J connectivity index is 2.14. The average Bonchev–Trinajstić information content (AvgIpc) is 2.92. The molecule has 2 nitrogen and oxygen atoms in total. The van der Waals surface area contributed by atoms with Crippen LogP contribution >= 0.6 is 11.3 Å². The van der Waals surface area contributed by atoms with Gasteiger partial charge in [-0.05, 0) is 48.7 Å². The SMILES string of the molecule is CC(c1cccs1)N(C)Cc1cc(F)ccc1CN. The van der Waals surface area contributed by atoms with Crippen molar-refractivity contribution in [2.24, 2.45) is 5.73 Å². The van der Waals surface area contributed by atoms with Crippen LogP contribution in [-0.2, 0) is 13.1 Å². The molecule has 0 saturated carbocycles. The average molecular weight is 278 g/mol. The summed E-state index contributed by atoms with van der Waals surface area (Å²) in [6.07, 6.45) is 0. The maximum atomic E-state index is 13.4. The largest absolute Gasteiger partial charge is 0.326 e. The standard InChI is InChI=1S/C15H19FN2S/c1-11(15-4-3-7-19-15)18(2)10-13-8-14(16)6-5-12(13)9-17/h3-8,11H,9-10,17H2,1-2H3. The van der Waals surface area contributed by atoms with Crippen LogP contribution in [0.3, 0.4) is 0 Å². The van der Waals surface area contributed by atoms with Gasteiger partial charge < -0.3 is 5.73 Å². The number of nitrogens with two attached hydrogens (primary N) is 1. The van der Waals surface area contributed by atoms with E-state index in [0.29, 0.717) is 19.1 Å². The highest BCUT2D eigenvalue weighted by Crippen LogP contribution is 2.25. The molecule has 0 aliphatic rings. The lowest BCUT2D eigenvalue weighted by atomic mass is 10.1. The first kappa shape index (κ1) is 14.2. The van der Waals surface area contributed by atoms with Crippen LogP contribution in [0, 0.1) is 5.82 Å². The van der Waals surface area contributed by atoms with E-state index in [9.17, 15) is 4.39 Å². The van der Waals surface area contributed by atoms with Gasteiger partial charge in [-0.15, -0.1) is 11.3 Å². The summed E-state index contributed by atoms with van der Waals surface area (Å²) in [7, 11) is 2.05. The second-order valence-corrected chi connectivity index (χ2v) is 5.70. The van der Waals surface area contributed by atoms with Crippen molar-refractivity contribution in [3.63, 3.8) is 0 Å². The minimum atomic E-state index is -0.204. The van der Waals surface area contributed by atoms with E-state index in [1.807, 2.05) is 0 Å². The molecule has 1 aromatic heterocycles. The molecule has 0 saturated heterocycles. The first-order valence-corrected chi connectivity index (χ1v) is 7.20. The van der Waals surface area contributed by atoms with Gasteiger partial charge in [0.05, 0.1) is 0 Å². The minimum Gasteiger partial charge on any atom is -0.326 e. The molecule has 0 spiro atoms. The maximum Gasteiger partial charge on any atom is 0.123 e. The third-order valence-electron chi connectivity index (χ3n) is 3.42. The summed E-state index contributed by atoms with van der Waals surface area (Å²) in [5.41, 5.74) is 7.68. The van der Waals surface area contributed by atoms with Crippen LogP contribution < -0.4 is 5.73 Å². The normalized spacial score (nSPS) is 12.9. The van der Waals surface area contributed by atoms with E-state index in [1.54, 1.807) is 23.5 Å². The van der Waals surface area contributed by atoms with Gasteiger partial charge in [0.2, 0.25) is 0 Å². The van der Waals surface area contributed by atoms with Gasteiger partial charge in [0.25, 0.3) is 0 Å². The fourth-order valence-corrected chi connectivity index (χ4v) is 2.94. The second-order valence-electron chi connectivity index (χ2n) is 4.72. The Morgan fingerprint density at radius 3 is 2.74 bits per heavy atom. The van der Waals surface area contributed by atoms with Crippen LogP contribution in [0.15, 0.2) is 35.7 Å². The van der Waals surface area contributed by atoms with Crippen LogP contribution in [0.5, 0.6) is 0 Å². The zero-order chi connectivity index (χ0) is 13.8. The minimum absolute atomic E-state index is 0.204. The van der Waals surface area contributed by atoms with Crippen LogP contribution in [0.25, 0.3) is 0 Å². The van der Waals surface area contributed by atoms with E-state index in [0.717, 1.165) is 11.1 Å². The van der Waals surface area contributed by atoms with Crippen molar-refractivity contribution in [1.82, 2.24) is 4.90 Å². The fraction of sp³-hybridized carbons (Fsp3) is 0.333. The highest BCUT2D eigenvalue weighted by molar-refractivity contribution is 7.10. The lowest BCUT2D eigenvalue weighted by Gasteiger charge is -2.25. The topological polar surface area (TPSA) is 29.3 Å². The molecule has 4 heteroatoms. The summed E-state index contributed by atoms with van der Waals surface area (Å²) in [5.74, 6) is -0.204. The van der Waals surface area contributed by atoms with E-state index in [4.69, 9.17) is 5.73 Å². The molecule has 1 aromatic carbocycles. The van der Waals surface area contributed by atoms with E-state index in [1.165, 1.54) is 10.9 Å². The van der Waals surface area contributed by atoms with Gasteiger partial charge in [-0.25, -0.2) is 4.39 Å². The smallest absolute Gasteiger partial charge is 0.123 e. The molecular weight excluding hydrogens is 259 g/mol. The molecule has 2 rings (SSSR count). The first-order valence-electron chi connectivity index (χ1n) is 6.33. The zero-order valence-electron chi connectivity index (χ0n) is 11.3. The predicted octanol–water partition coefficient (Wildman–Crippen LogP) is 3.54. The summed E-state index contributed by atoms with van der Waals surface area (Å²) in [6, 6.07) is 9.32. The van der Waals surface area contributed by atoms with E-state index in [2.05, 4.69) is 36.4 Å². The van der Waals surface area contributed by atoms with Crippen molar-refractivity contribution in [3.8, 4) is 0 Å². The van der Waals surface area contributed by atoms with Crippen molar-refractivity contribution in [3.05, 3.63) is 57.5 Å². The maximum absolute atomic E-state index is 13.4. The van der Waals surface area contributed by atoms with Crippen molar-refractivity contribution in [1.29, 1.82) is 0 Å². The van der Waals surface area contributed by atoms with Gasteiger partial charge in [0.15, 0.2) is 0 Å². The van der Waals surface area contributed by atoms with Gasteiger partial charge in [0, 0.05) is 24.0 Å². The Bertz CT molecular complexity index is 525. The number of benzene rings is 1. The molecule has 0 aliphatic carbocycles. The molecule has 1 unspecified atom stereocenters. The highest BCUT2D eigenvalue weighted by atomic mass is 32.1. The lowest BCUT2D eigenvalue weighted by Crippen LogP contribution is -2.22. The molecule has 0 amide bonds. The summed E-state index contributed by atoms with van der Waals surface area (Å²) in [5, 5.41) is 2.08. The molecule has 2 aromatic rings. The molecule has 2 N–H and O–H groups in total. The summed E-state index contributed by atoms with van der Waals surface area (Å²) < 4.78 is 13.4. The molecule has 0 bridgehead atoms. The molecule has 0 aliphatic heterocycles. The van der Waals surface area contributed by atoms with Crippen molar-refractivity contribution in [2.45, 2.75) is 26.1 Å². The van der Waals surface area contributed by atoms with Crippen molar-refractivity contribution < 1.29 is 4.39 Å². The number of nitrogens with zero attached hydrogens (tertiary/aromatic N) is 1. The van der Waals surface area contributed by atoms with Gasteiger partial charge >= 0.3 is 0 Å². The Hall–Kier alpha value is -1.23. The third kappa shape index (κ3) is 3.41. The molecule has 19 heavy (non-hydrogen) atoms. The first-order chi connectivity index (χ1) is 9.11. The second kappa shape index (κ2) is 6.28. The molecule has 0 radical (unpaired) electrons. The van der Waals surface area contributed by atoms with Gasteiger partial charge in [-0.2, -0.15) is 0 Å². The number of rotatable bonds is 5. The zero-order valence-corrected chi connectivity index (χ0v) is 12.1. The Morgan fingerprint density at radius 2 is 2.11 bits per heavy atom. The monoisotopic (exact) mass is 278 g/mol. The highest BCUT2D eigenvalue weighted by Gasteiger charge is 2.14. The number of hydrogen-bond acceptors (Lipinski definition) is 3. The number of halogens is 1. The van der Waals surface area contributed by atoms with Crippen molar-refractivity contribution in [2.75, 3.05) is 7.05 Å². The number of hydrogen-bond donors (Lipinski definition) is 1. The Labute approximate surface area is 117 Å². The summed E-state index contributed by atoms with van der Waals surface area (Å²) in [6.45, 7) is 3.30. The van der Waals surface area contributed by atoms with Crippen LogP contribution in [0.2, 0.25) is 0 Å². The van der Waals surface area contributed by atoms with E-state index in [-0.39, 0.29) is 5.82 Å². The van der Waals surface area contributed by atoms with E-state index >= 15 is 0 Å². The van der Waals surface area contributed by atoms with Crippen LogP contribution in [0.4, 0.5) is 4.39 Å².